The van der Waals surface area contributed by atoms with E-state index in [9.17, 15) is 4.79 Å². The van der Waals surface area contributed by atoms with Gasteiger partial charge in [0.05, 0.1) is 20.0 Å². The van der Waals surface area contributed by atoms with Crippen molar-refractivity contribution in [1.29, 1.82) is 0 Å². The number of hydrogen-bond acceptors (Lipinski definition) is 4. The first-order chi connectivity index (χ1) is 14.9. The molecule has 1 N–H and O–H groups in total. The third kappa shape index (κ3) is 4.76. The first-order valence-electron chi connectivity index (χ1n) is 10.7. The van der Waals surface area contributed by atoms with E-state index in [0.717, 1.165) is 56.7 Å². The van der Waals surface area contributed by atoms with Gasteiger partial charge in [0.2, 0.25) is 5.91 Å². The lowest BCUT2D eigenvalue weighted by Gasteiger charge is -2.15. The second-order valence-electron chi connectivity index (χ2n) is 7.71. The molecular formula is C26H31NO4. The maximum atomic E-state index is 12.5. The molecule has 3 aromatic rings. The fraction of sp³-hybridized carbons (Fsp3) is 0.346. The number of nitrogens with one attached hydrogen (secondary N) is 1. The molecule has 5 heteroatoms. The van der Waals surface area contributed by atoms with Crippen LogP contribution in [0.4, 0.5) is 0 Å². The lowest BCUT2D eigenvalue weighted by Crippen LogP contribution is -2.30. The number of ether oxygens (including phenoxy) is 2. The number of methoxy groups -OCH3 is 1. The van der Waals surface area contributed by atoms with Crippen molar-refractivity contribution in [3.05, 3.63) is 53.8 Å². The number of carbonyl (C=O) groups is 1. The normalized spacial score (nSPS) is 12.6. The van der Waals surface area contributed by atoms with Crippen molar-refractivity contribution in [2.75, 3.05) is 13.7 Å². The van der Waals surface area contributed by atoms with Gasteiger partial charge in [-0.15, -0.1) is 0 Å². The summed E-state index contributed by atoms with van der Waals surface area (Å²) in [5.41, 5.74) is 5.39. The lowest BCUT2D eigenvalue weighted by atomic mass is 9.96. The van der Waals surface area contributed by atoms with Gasteiger partial charge in [-0.2, -0.15) is 0 Å². The van der Waals surface area contributed by atoms with Crippen LogP contribution < -0.4 is 14.8 Å². The second-order valence-corrected chi connectivity index (χ2v) is 7.71. The molecule has 0 radical (unpaired) electrons. The van der Waals surface area contributed by atoms with E-state index in [1.807, 2.05) is 65.0 Å². The number of furan rings is 1. The summed E-state index contributed by atoms with van der Waals surface area (Å²) >= 11 is 0. The third-order valence-electron chi connectivity index (χ3n) is 5.49. The van der Waals surface area contributed by atoms with E-state index in [0.29, 0.717) is 6.61 Å². The molecule has 0 aliphatic heterocycles. The van der Waals surface area contributed by atoms with Crippen molar-refractivity contribution in [1.82, 2.24) is 5.32 Å². The number of allylic oxidation sites excluding steroid dienone is 1. The highest BCUT2D eigenvalue weighted by atomic mass is 16.5. The zero-order chi connectivity index (χ0) is 22.5. The van der Waals surface area contributed by atoms with Crippen LogP contribution in [0.15, 0.2) is 47.1 Å². The Kier molecular flexibility index (Phi) is 7.06. The zero-order valence-electron chi connectivity index (χ0n) is 19.2. The lowest BCUT2D eigenvalue weighted by molar-refractivity contribution is -0.117. The van der Waals surface area contributed by atoms with Gasteiger partial charge in [0.1, 0.15) is 17.1 Å². The van der Waals surface area contributed by atoms with Gasteiger partial charge in [0.25, 0.3) is 0 Å². The van der Waals surface area contributed by atoms with Crippen molar-refractivity contribution in [2.45, 2.75) is 47.1 Å². The number of rotatable bonds is 8. The summed E-state index contributed by atoms with van der Waals surface area (Å²) in [6, 6.07) is 10.1. The minimum absolute atomic E-state index is 0.104. The summed E-state index contributed by atoms with van der Waals surface area (Å²) in [6.07, 6.45) is 4.29. The van der Waals surface area contributed by atoms with Crippen LogP contribution >= 0.6 is 0 Å². The number of aryl methyl sites for hydroxylation is 1. The molecule has 2 aromatic carbocycles. The Balaban J connectivity index is 2.15. The van der Waals surface area contributed by atoms with Crippen molar-refractivity contribution >= 4 is 22.4 Å². The van der Waals surface area contributed by atoms with E-state index in [4.69, 9.17) is 13.9 Å². The molecule has 0 saturated heterocycles. The minimum Gasteiger partial charge on any atom is -0.497 e. The molecule has 1 atom stereocenters. The summed E-state index contributed by atoms with van der Waals surface area (Å²) in [7, 11) is 1.65. The molecule has 0 saturated carbocycles. The molecule has 1 heterocycles. The monoisotopic (exact) mass is 421 g/mol. The largest absolute Gasteiger partial charge is 0.497 e. The van der Waals surface area contributed by atoms with Gasteiger partial charge in [-0.1, -0.05) is 19.1 Å². The van der Waals surface area contributed by atoms with Gasteiger partial charge in [-0.25, -0.2) is 0 Å². The van der Waals surface area contributed by atoms with E-state index in [1.165, 1.54) is 0 Å². The van der Waals surface area contributed by atoms with E-state index < -0.39 is 0 Å². The molecule has 164 valence electrons. The fourth-order valence-electron chi connectivity index (χ4n) is 3.61. The van der Waals surface area contributed by atoms with Crippen LogP contribution in [0.1, 0.15) is 45.2 Å². The molecule has 1 amide bonds. The van der Waals surface area contributed by atoms with Crippen LogP contribution in [-0.4, -0.2) is 25.7 Å². The molecule has 3 rings (SSSR count). The van der Waals surface area contributed by atoms with Gasteiger partial charge < -0.3 is 19.2 Å². The number of amides is 1. The van der Waals surface area contributed by atoms with Gasteiger partial charge in [-0.3, -0.25) is 4.79 Å². The average molecular weight is 422 g/mol. The van der Waals surface area contributed by atoms with Gasteiger partial charge in [-0.05, 0) is 63.5 Å². The van der Waals surface area contributed by atoms with Crippen LogP contribution in [0.5, 0.6) is 11.5 Å². The molecule has 0 fully saturated rings. The van der Waals surface area contributed by atoms with Crippen LogP contribution in [0.25, 0.3) is 27.7 Å². The van der Waals surface area contributed by atoms with E-state index >= 15 is 0 Å². The summed E-state index contributed by atoms with van der Waals surface area (Å²) in [5.74, 6) is 1.42. The van der Waals surface area contributed by atoms with Crippen molar-refractivity contribution in [3.63, 3.8) is 0 Å². The van der Waals surface area contributed by atoms with Gasteiger partial charge in [0, 0.05) is 34.2 Å². The topological polar surface area (TPSA) is 60.7 Å². The summed E-state index contributed by atoms with van der Waals surface area (Å²) in [4.78, 5) is 12.5. The number of benzene rings is 2. The summed E-state index contributed by atoms with van der Waals surface area (Å²) < 4.78 is 17.3. The predicted molar refractivity (Wildman–Crippen MR) is 126 cm³/mol. The van der Waals surface area contributed by atoms with Gasteiger partial charge in [0.15, 0.2) is 0 Å². The van der Waals surface area contributed by atoms with E-state index in [2.05, 4.69) is 5.32 Å². The molecule has 31 heavy (non-hydrogen) atoms. The number of hydrogen-bond donors (Lipinski definition) is 1. The maximum absolute atomic E-state index is 12.5. The van der Waals surface area contributed by atoms with Crippen molar-refractivity contribution < 1.29 is 18.7 Å². The smallest absolute Gasteiger partial charge is 0.244 e. The van der Waals surface area contributed by atoms with Crippen molar-refractivity contribution in [2.24, 2.45) is 0 Å². The second kappa shape index (κ2) is 9.73. The Morgan fingerprint density at radius 3 is 2.71 bits per heavy atom. The highest BCUT2D eigenvalue weighted by Gasteiger charge is 2.19. The molecule has 0 spiro atoms. The first-order valence-corrected chi connectivity index (χ1v) is 10.7. The zero-order valence-corrected chi connectivity index (χ0v) is 19.2. The highest BCUT2D eigenvalue weighted by molar-refractivity contribution is 6.01. The Bertz CT molecular complexity index is 1110. The van der Waals surface area contributed by atoms with E-state index in [1.54, 1.807) is 19.4 Å². The fourth-order valence-corrected chi connectivity index (χ4v) is 3.61. The highest BCUT2D eigenvalue weighted by Crippen LogP contribution is 2.41. The van der Waals surface area contributed by atoms with Crippen molar-refractivity contribution in [3.8, 4) is 22.6 Å². The van der Waals surface area contributed by atoms with Gasteiger partial charge >= 0.3 is 0 Å². The molecule has 0 aliphatic carbocycles. The van der Waals surface area contributed by atoms with Crippen LogP contribution in [-0.2, 0) is 4.79 Å². The minimum atomic E-state index is -0.104. The van der Waals surface area contributed by atoms with Crippen LogP contribution in [0.3, 0.4) is 0 Å². The molecule has 0 bridgehead atoms. The standard InChI is InChI=1S/C26H31NO4/c1-7-17(4)27-24(28)12-16(3)21-14-22-23(19-10-9-11-20(13-19)29-6)15-31-26(22)18(5)25(21)30-8-2/h9-15,17H,7-8H2,1-6H3,(H,27,28)/b16-12+. The molecule has 1 aromatic heterocycles. The summed E-state index contributed by atoms with van der Waals surface area (Å²) in [6.45, 7) is 10.4. The van der Waals surface area contributed by atoms with Crippen LogP contribution in [0, 0.1) is 6.92 Å². The first kappa shape index (κ1) is 22.5. The molecule has 5 nitrogen and oxygen atoms in total. The quantitative estimate of drug-likeness (QED) is 0.444. The van der Waals surface area contributed by atoms with Crippen LogP contribution in [0.2, 0.25) is 0 Å². The Hall–Kier alpha value is -3.21. The Morgan fingerprint density at radius 1 is 1.26 bits per heavy atom. The average Bonchev–Trinajstić information content (AvgIpc) is 3.19. The number of carbonyl (C=O) groups excluding carboxylic acids is 1. The molecule has 1 unspecified atom stereocenters. The summed E-state index contributed by atoms with van der Waals surface area (Å²) in [5, 5.41) is 3.96. The predicted octanol–water partition coefficient (Wildman–Crippen LogP) is 6.13. The third-order valence-corrected chi connectivity index (χ3v) is 5.49. The number of fused-ring (bicyclic) bond motifs is 1. The Labute approximate surface area is 184 Å². The molecule has 0 aliphatic rings. The maximum Gasteiger partial charge on any atom is 0.244 e. The van der Waals surface area contributed by atoms with E-state index in [-0.39, 0.29) is 11.9 Å². The Morgan fingerprint density at radius 2 is 2.03 bits per heavy atom. The SMILES string of the molecule is CCOc1c(/C(C)=C/C(=O)NC(C)CC)cc2c(-c3cccc(OC)c3)coc2c1C. The molecular weight excluding hydrogens is 390 g/mol.